The number of carboxylic acid groups (broad SMARTS) is 1. The number of hydrogen-bond donors (Lipinski definition) is 2. The molecule has 0 amide bonds. The first-order chi connectivity index (χ1) is 16.6. The summed E-state index contributed by atoms with van der Waals surface area (Å²) in [6, 6.07) is 14.1. The Hall–Kier alpha value is -3.57. The van der Waals surface area contributed by atoms with E-state index >= 15 is 0 Å². The van der Waals surface area contributed by atoms with Crippen molar-refractivity contribution < 1.29 is 32.5 Å². The fourth-order valence-electron chi connectivity index (χ4n) is 2.53. The zero-order chi connectivity index (χ0) is 25.8. The highest BCUT2D eigenvalue weighted by atomic mass is 35.5. The highest BCUT2D eigenvalue weighted by molar-refractivity contribution is 6.30. The van der Waals surface area contributed by atoms with E-state index in [1.54, 1.807) is 35.2 Å². The van der Waals surface area contributed by atoms with Crippen LogP contribution in [0, 0.1) is 0 Å². The predicted octanol–water partition coefficient (Wildman–Crippen LogP) is 4.09. The summed E-state index contributed by atoms with van der Waals surface area (Å²) < 4.78 is 44.6. The first kappa shape index (κ1) is 27.7. The standard InChI is InChI=1S/C21H22ClN3O3.C2HF3O2/c1-2-23-10-12-27-19-7-5-18(6-8-19)25-11-9-20(13-21(25)26)28-15-17-4-3-16(22)14-24-17;3-2(4,5)1(6)7/h3-9,11,13-14,23H,2,10,12,15H2,1H3;(H,6,7). The monoisotopic (exact) mass is 513 g/mol. The summed E-state index contributed by atoms with van der Waals surface area (Å²) in [4.78, 5) is 25.5. The number of alkyl halides is 3. The molecule has 0 saturated carbocycles. The van der Waals surface area contributed by atoms with Crippen molar-refractivity contribution >= 4 is 17.6 Å². The highest BCUT2D eigenvalue weighted by Crippen LogP contribution is 2.16. The van der Waals surface area contributed by atoms with E-state index in [0.29, 0.717) is 17.4 Å². The zero-order valence-electron chi connectivity index (χ0n) is 18.6. The molecular weight excluding hydrogens is 491 g/mol. The molecule has 0 radical (unpaired) electrons. The number of aliphatic carboxylic acids is 1. The van der Waals surface area contributed by atoms with Crippen molar-refractivity contribution in [1.29, 1.82) is 0 Å². The van der Waals surface area contributed by atoms with E-state index in [-0.39, 0.29) is 12.2 Å². The maximum absolute atomic E-state index is 12.4. The van der Waals surface area contributed by atoms with Crippen molar-refractivity contribution in [2.45, 2.75) is 19.7 Å². The molecular formula is C23H23ClF3N3O5. The number of aromatic nitrogens is 2. The van der Waals surface area contributed by atoms with Gasteiger partial charge >= 0.3 is 12.1 Å². The summed E-state index contributed by atoms with van der Waals surface area (Å²) in [5, 5.41) is 10.9. The van der Waals surface area contributed by atoms with Crippen molar-refractivity contribution in [3.63, 3.8) is 0 Å². The number of carbonyl (C=O) groups is 1. The molecule has 0 aliphatic rings. The molecule has 3 rings (SSSR count). The maximum atomic E-state index is 12.4. The van der Waals surface area contributed by atoms with Crippen LogP contribution < -0.4 is 20.3 Å². The normalized spacial score (nSPS) is 10.8. The molecule has 0 unspecified atom stereocenters. The second-order valence-corrected chi connectivity index (χ2v) is 7.26. The number of likely N-dealkylation sites (N-methyl/N-ethyl adjacent to an activating group) is 1. The van der Waals surface area contributed by atoms with Crippen molar-refractivity contribution in [2.24, 2.45) is 0 Å². The molecule has 3 aromatic rings. The number of benzene rings is 1. The summed E-state index contributed by atoms with van der Waals surface area (Å²) in [6.45, 7) is 4.63. The van der Waals surface area contributed by atoms with Gasteiger partial charge in [-0.15, -0.1) is 0 Å². The minimum absolute atomic E-state index is 0.178. The Balaban J connectivity index is 0.000000540. The third-order valence-electron chi connectivity index (χ3n) is 4.22. The van der Waals surface area contributed by atoms with Gasteiger partial charge in [0.25, 0.3) is 5.56 Å². The van der Waals surface area contributed by atoms with Gasteiger partial charge in [0.15, 0.2) is 0 Å². The van der Waals surface area contributed by atoms with Gasteiger partial charge in [0.1, 0.15) is 24.7 Å². The highest BCUT2D eigenvalue weighted by Gasteiger charge is 2.38. The van der Waals surface area contributed by atoms with Crippen molar-refractivity contribution in [1.82, 2.24) is 14.9 Å². The molecule has 0 bridgehead atoms. The van der Waals surface area contributed by atoms with E-state index in [0.717, 1.165) is 30.2 Å². The Labute approximate surface area is 203 Å². The molecule has 8 nitrogen and oxygen atoms in total. The van der Waals surface area contributed by atoms with Crippen LogP contribution in [0.3, 0.4) is 0 Å². The topological polar surface area (TPSA) is 103 Å². The van der Waals surface area contributed by atoms with E-state index in [1.165, 1.54) is 6.07 Å². The molecule has 188 valence electrons. The second kappa shape index (κ2) is 13.4. The molecule has 35 heavy (non-hydrogen) atoms. The van der Waals surface area contributed by atoms with E-state index in [9.17, 15) is 18.0 Å². The van der Waals surface area contributed by atoms with Gasteiger partial charge in [0, 0.05) is 30.7 Å². The van der Waals surface area contributed by atoms with Gasteiger partial charge in [-0.25, -0.2) is 4.79 Å². The van der Waals surface area contributed by atoms with Gasteiger partial charge in [-0.2, -0.15) is 13.2 Å². The number of carboxylic acids is 1. The summed E-state index contributed by atoms with van der Waals surface area (Å²) in [7, 11) is 0. The van der Waals surface area contributed by atoms with Crippen LogP contribution in [-0.4, -0.2) is 46.5 Å². The molecule has 2 aromatic heterocycles. The van der Waals surface area contributed by atoms with Crippen LogP contribution in [-0.2, 0) is 11.4 Å². The van der Waals surface area contributed by atoms with Crippen LogP contribution in [0.15, 0.2) is 65.7 Å². The second-order valence-electron chi connectivity index (χ2n) is 6.83. The first-order valence-electron chi connectivity index (χ1n) is 10.3. The Morgan fingerprint density at radius 1 is 1.11 bits per heavy atom. The lowest BCUT2D eigenvalue weighted by Gasteiger charge is -2.10. The molecule has 2 N–H and O–H groups in total. The third kappa shape index (κ3) is 9.67. The first-order valence-corrected chi connectivity index (χ1v) is 10.7. The molecule has 0 fully saturated rings. The lowest BCUT2D eigenvalue weighted by Crippen LogP contribution is -2.21. The Kier molecular flexibility index (Phi) is 10.6. The minimum Gasteiger partial charge on any atom is -0.492 e. The van der Waals surface area contributed by atoms with Crippen LogP contribution in [0.25, 0.3) is 5.69 Å². The van der Waals surface area contributed by atoms with Crippen LogP contribution in [0.1, 0.15) is 12.6 Å². The largest absolute Gasteiger partial charge is 0.492 e. The number of ether oxygens (including phenoxy) is 2. The van der Waals surface area contributed by atoms with E-state index < -0.39 is 12.1 Å². The van der Waals surface area contributed by atoms with E-state index in [1.807, 2.05) is 24.3 Å². The van der Waals surface area contributed by atoms with Gasteiger partial charge in [-0.1, -0.05) is 18.5 Å². The van der Waals surface area contributed by atoms with Crippen LogP contribution in [0.2, 0.25) is 5.02 Å². The summed E-state index contributed by atoms with van der Waals surface area (Å²) in [5.41, 5.74) is 1.32. The van der Waals surface area contributed by atoms with Crippen LogP contribution in [0.5, 0.6) is 11.5 Å². The van der Waals surface area contributed by atoms with Crippen LogP contribution >= 0.6 is 11.6 Å². The van der Waals surface area contributed by atoms with Crippen molar-refractivity contribution in [3.8, 4) is 17.2 Å². The van der Waals surface area contributed by atoms with Gasteiger partial charge < -0.3 is 19.9 Å². The lowest BCUT2D eigenvalue weighted by atomic mass is 10.3. The Morgan fingerprint density at radius 2 is 1.80 bits per heavy atom. The summed E-state index contributed by atoms with van der Waals surface area (Å²) in [5.74, 6) is -1.50. The molecule has 0 atom stereocenters. The molecule has 2 heterocycles. The third-order valence-corrected chi connectivity index (χ3v) is 4.44. The number of halogens is 4. The summed E-state index contributed by atoms with van der Waals surface area (Å²) >= 11 is 5.81. The van der Waals surface area contributed by atoms with Crippen molar-refractivity contribution in [3.05, 3.63) is 82.0 Å². The number of rotatable bonds is 9. The van der Waals surface area contributed by atoms with Gasteiger partial charge in [0.2, 0.25) is 0 Å². The lowest BCUT2D eigenvalue weighted by molar-refractivity contribution is -0.192. The minimum atomic E-state index is -5.08. The quantitative estimate of drug-likeness (QED) is 0.415. The SMILES string of the molecule is CCNCCOc1ccc(-n2ccc(OCc3ccc(Cl)cn3)cc2=O)cc1.O=C(O)C(F)(F)F. The average molecular weight is 514 g/mol. The number of pyridine rings is 2. The van der Waals surface area contributed by atoms with Crippen molar-refractivity contribution in [2.75, 3.05) is 19.7 Å². The molecule has 12 heteroatoms. The van der Waals surface area contributed by atoms with Gasteiger partial charge in [0.05, 0.1) is 10.7 Å². The van der Waals surface area contributed by atoms with Gasteiger partial charge in [-0.3, -0.25) is 14.3 Å². The number of nitrogens with zero attached hydrogens (tertiary/aromatic N) is 2. The number of hydrogen-bond acceptors (Lipinski definition) is 6. The molecule has 0 spiro atoms. The predicted molar refractivity (Wildman–Crippen MR) is 123 cm³/mol. The fourth-order valence-corrected chi connectivity index (χ4v) is 2.65. The molecule has 0 saturated heterocycles. The van der Waals surface area contributed by atoms with Crippen LogP contribution in [0.4, 0.5) is 13.2 Å². The maximum Gasteiger partial charge on any atom is 0.490 e. The molecule has 1 aromatic carbocycles. The number of nitrogens with one attached hydrogen (secondary N) is 1. The van der Waals surface area contributed by atoms with E-state index in [2.05, 4.69) is 17.2 Å². The fraction of sp³-hybridized carbons (Fsp3) is 0.261. The molecule has 0 aliphatic carbocycles. The van der Waals surface area contributed by atoms with Gasteiger partial charge in [-0.05, 0) is 49.0 Å². The Morgan fingerprint density at radius 3 is 2.34 bits per heavy atom. The van der Waals surface area contributed by atoms with E-state index in [4.69, 9.17) is 31.0 Å². The zero-order valence-corrected chi connectivity index (χ0v) is 19.3. The average Bonchev–Trinajstić information content (AvgIpc) is 2.82. The smallest absolute Gasteiger partial charge is 0.490 e. The summed E-state index contributed by atoms with van der Waals surface area (Å²) in [6.07, 6.45) is -1.83. The molecule has 0 aliphatic heterocycles. The Bertz CT molecular complexity index is 1140.